The van der Waals surface area contributed by atoms with Gasteiger partial charge in [0, 0.05) is 41.1 Å². The SMILES string of the molecule is CCc1nc(NC(=O)c2ccc(C3=NOC(c4cc(Cl)cc(Cl)c4)(C(F)(F)F)C3)cc2C)nn1C. The summed E-state index contributed by atoms with van der Waals surface area (Å²) in [6.45, 7) is 3.59. The number of aromatic nitrogens is 3. The molecule has 1 atom stereocenters. The average molecular weight is 526 g/mol. The van der Waals surface area contributed by atoms with Gasteiger partial charge in [0.25, 0.3) is 11.5 Å². The fraction of sp³-hybridized carbons (Fsp3) is 0.304. The van der Waals surface area contributed by atoms with Crippen LogP contribution in [0.15, 0.2) is 41.6 Å². The molecule has 1 aliphatic heterocycles. The van der Waals surface area contributed by atoms with Crippen LogP contribution in [-0.2, 0) is 23.9 Å². The largest absolute Gasteiger partial charge is 0.435 e. The van der Waals surface area contributed by atoms with Crippen molar-refractivity contribution in [2.45, 2.75) is 38.5 Å². The molecule has 7 nitrogen and oxygen atoms in total. The van der Waals surface area contributed by atoms with Gasteiger partial charge in [0.2, 0.25) is 5.95 Å². The van der Waals surface area contributed by atoms with Gasteiger partial charge in [-0.2, -0.15) is 18.2 Å². The van der Waals surface area contributed by atoms with E-state index in [1.807, 2.05) is 6.92 Å². The highest BCUT2D eigenvalue weighted by molar-refractivity contribution is 6.34. The van der Waals surface area contributed by atoms with Gasteiger partial charge in [0.15, 0.2) is 0 Å². The molecule has 35 heavy (non-hydrogen) atoms. The number of alkyl halides is 3. The molecule has 4 rings (SSSR count). The molecule has 1 aliphatic rings. The van der Waals surface area contributed by atoms with Crippen LogP contribution in [0.2, 0.25) is 10.0 Å². The van der Waals surface area contributed by atoms with Crippen molar-refractivity contribution >= 4 is 40.8 Å². The zero-order valence-electron chi connectivity index (χ0n) is 18.9. The fourth-order valence-electron chi connectivity index (χ4n) is 3.89. The quantitative estimate of drug-likeness (QED) is 0.454. The second kappa shape index (κ2) is 9.16. The average Bonchev–Trinajstić information content (AvgIpc) is 3.37. The number of hydrogen-bond acceptors (Lipinski definition) is 5. The van der Waals surface area contributed by atoms with Gasteiger partial charge < -0.3 is 4.84 Å². The maximum atomic E-state index is 14.2. The molecule has 2 aromatic carbocycles. The van der Waals surface area contributed by atoms with E-state index in [0.29, 0.717) is 28.9 Å². The highest BCUT2D eigenvalue weighted by Crippen LogP contribution is 2.49. The van der Waals surface area contributed by atoms with Crippen molar-refractivity contribution in [1.29, 1.82) is 0 Å². The van der Waals surface area contributed by atoms with Crippen molar-refractivity contribution in [2.24, 2.45) is 12.2 Å². The van der Waals surface area contributed by atoms with E-state index in [-0.39, 0.29) is 27.3 Å². The van der Waals surface area contributed by atoms with Gasteiger partial charge in [0.1, 0.15) is 5.82 Å². The first-order chi connectivity index (χ1) is 16.4. The van der Waals surface area contributed by atoms with Crippen molar-refractivity contribution in [3.05, 3.63) is 74.5 Å². The van der Waals surface area contributed by atoms with Crippen molar-refractivity contribution in [3.8, 4) is 0 Å². The van der Waals surface area contributed by atoms with Crippen molar-refractivity contribution < 1.29 is 22.8 Å². The molecule has 184 valence electrons. The normalized spacial score (nSPS) is 17.8. The number of rotatable bonds is 5. The minimum atomic E-state index is -4.80. The lowest BCUT2D eigenvalue weighted by Crippen LogP contribution is -2.42. The van der Waals surface area contributed by atoms with Crippen LogP contribution in [0.1, 0.15) is 46.2 Å². The molecule has 1 aromatic heterocycles. The maximum Gasteiger partial charge on any atom is 0.435 e. The van der Waals surface area contributed by atoms with E-state index in [4.69, 9.17) is 28.0 Å². The van der Waals surface area contributed by atoms with Gasteiger partial charge in [-0.1, -0.05) is 41.3 Å². The van der Waals surface area contributed by atoms with Gasteiger partial charge in [-0.05, 0) is 48.4 Å². The maximum absolute atomic E-state index is 14.2. The second-order valence-electron chi connectivity index (χ2n) is 8.10. The van der Waals surface area contributed by atoms with Crippen molar-refractivity contribution in [1.82, 2.24) is 14.8 Å². The summed E-state index contributed by atoms with van der Waals surface area (Å²) in [6.07, 6.45) is -4.73. The van der Waals surface area contributed by atoms with Gasteiger partial charge in [-0.25, -0.2) is 0 Å². The molecule has 2 heterocycles. The van der Waals surface area contributed by atoms with Crippen LogP contribution in [-0.4, -0.2) is 32.6 Å². The number of nitrogens with one attached hydrogen (secondary N) is 1. The predicted octanol–water partition coefficient (Wildman–Crippen LogP) is 5.83. The van der Waals surface area contributed by atoms with E-state index in [1.54, 1.807) is 24.7 Å². The Balaban J connectivity index is 1.59. The van der Waals surface area contributed by atoms with Crippen molar-refractivity contribution in [2.75, 3.05) is 5.32 Å². The molecule has 0 saturated heterocycles. The lowest BCUT2D eigenvalue weighted by molar-refractivity contribution is -0.275. The second-order valence-corrected chi connectivity index (χ2v) is 8.97. The van der Waals surface area contributed by atoms with Crippen LogP contribution >= 0.6 is 23.2 Å². The highest BCUT2D eigenvalue weighted by atomic mass is 35.5. The fourth-order valence-corrected chi connectivity index (χ4v) is 4.42. The summed E-state index contributed by atoms with van der Waals surface area (Å²) in [7, 11) is 1.73. The van der Waals surface area contributed by atoms with E-state index >= 15 is 0 Å². The van der Waals surface area contributed by atoms with Gasteiger partial charge in [0.05, 0.1) is 5.71 Å². The first kappa shape index (κ1) is 25.0. The smallest absolute Gasteiger partial charge is 0.374 e. The molecule has 0 radical (unpaired) electrons. The van der Waals surface area contributed by atoms with E-state index < -0.39 is 24.1 Å². The number of nitrogens with zero attached hydrogens (tertiary/aromatic N) is 4. The van der Waals surface area contributed by atoms with Gasteiger partial charge in [-0.3, -0.25) is 14.8 Å². The third kappa shape index (κ3) is 4.72. The first-order valence-electron chi connectivity index (χ1n) is 10.5. The minimum absolute atomic E-state index is 0.0489. The predicted molar refractivity (Wildman–Crippen MR) is 126 cm³/mol. The Labute approximate surface area is 208 Å². The summed E-state index contributed by atoms with van der Waals surface area (Å²) in [4.78, 5) is 22.0. The Morgan fingerprint density at radius 2 is 1.89 bits per heavy atom. The van der Waals surface area contributed by atoms with Crippen LogP contribution in [0.5, 0.6) is 0 Å². The number of amides is 1. The Kier molecular flexibility index (Phi) is 6.54. The summed E-state index contributed by atoms with van der Waals surface area (Å²) in [6, 6.07) is 8.27. The van der Waals surface area contributed by atoms with Crippen LogP contribution in [0.25, 0.3) is 0 Å². The number of anilines is 1. The number of oxime groups is 1. The van der Waals surface area contributed by atoms with E-state index in [1.165, 1.54) is 18.2 Å². The van der Waals surface area contributed by atoms with E-state index in [9.17, 15) is 18.0 Å². The van der Waals surface area contributed by atoms with Gasteiger partial charge in [-0.15, -0.1) is 5.10 Å². The van der Waals surface area contributed by atoms with Crippen LogP contribution in [0, 0.1) is 6.92 Å². The Morgan fingerprint density at radius 3 is 2.46 bits per heavy atom. The van der Waals surface area contributed by atoms with Gasteiger partial charge >= 0.3 is 6.18 Å². The molecular formula is C23H20Cl2F3N5O2. The zero-order valence-corrected chi connectivity index (χ0v) is 20.4. The van der Waals surface area contributed by atoms with Crippen LogP contribution < -0.4 is 5.32 Å². The van der Waals surface area contributed by atoms with Crippen molar-refractivity contribution in [3.63, 3.8) is 0 Å². The lowest BCUT2D eigenvalue weighted by atomic mass is 9.86. The summed E-state index contributed by atoms with van der Waals surface area (Å²) >= 11 is 11.9. The minimum Gasteiger partial charge on any atom is -0.374 e. The number of carbonyl (C=O) groups excluding carboxylic acids is 1. The number of halogens is 5. The standard InChI is InChI=1S/C23H20Cl2F3N5O2/c1-4-19-29-21(31-33(19)3)30-20(34)17-6-5-13(7-12(17)2)18-11-22(35-32-18,23(26,27)28)14-8-15(24)10-16(25)9-14/h5-10H,4,11H2,1-3H3,(H,30,31,34). The lowest BCUT2D eigenvalue weighted by Gasteiger charge is -2.29. The third-order valence-corrected chi connectivity index (χ3v) is 6.15. The number of hydrogen-bond donors (Lipinski definition) is 1. The topological polar surface area (TPSA) is 81.4 Å². The Morgan fingerprint density at radius 1 is 1.20 bits per heavy atom. The summed E-state index contributed by atoms with van der Waals surface area (Å²) in [5.41, 5.74) is -1.66. The number of carbonyl (C=O) groups is 1. The zero-order chi connectivity index (χ0) is 25.5. The Hall–Kier alpha value is -3.11. The Bertz CT molecular complexity index is 1320. The van der Waals surface area contributed by atoms with E-state index in [0.717, 1.165) is 12.1 Å². The third-order valence-electron chi connectivity index (χ3n) is 5.71. The molecule has 0 aliphatic carbocycles. The van der Waals surface area contributed by atoms with Crippen LogP contribution in [0.3, 0.4) is 0 Å². The molecule has 0 spiro atoms. The summed E-state index contributed by atoms with van der Waals surface area (Å²) in [5.74, 6) is 0.437. The first-order valence-corrected chi connectivity index (χ1v) is 11.3. The molecule has 1 N–H and O–H groups in total. The summed E-state index contributed by atoms with van der Waals surface area (Å²) < 4.78 is 44.2. The molecule has 12 heteroatoms. The molecule has 3 aromatic rings. The summed E-state index contributed by atoms with van der Waals surface area (Å²) in [5, 5.41) is 10.6. The molecule has 0 saturated carbocycles. The number of aryl methyl sites for hydroxylation is 3. The molecule has 0 fully saturated rings. The van der Waals surface area contributed by atoms with Crippen LogP contribution in [0.4, 0.5) is 19.1 Å². The molecule has 0 bridgehead atoms. The molecule has 1 unspecified atom stereocenters. The molecule has 1 amide bonds. The molecular weight excluding hydrogens is 506 g/mol. The monoisotopic (exact) mass is 525 g/mol. The van der Waals surface area contributed by atoms with E-state index in [2.05, 4.69) is 20.6 Å². The number of benzene rings is 2. The highest BCUT2D eigenvalue weighted by Gasteiger charge is 2.62.